The molecule has 3 N–H and O–H groups in total. The monoisotopic (exact) mass is 940 g/mol. The number of carbonyl (C=O) groups excluding carboxylic acids is 2. The number of nitrogens with two attached hydrogens (primary N) is 1. The standard InChI is InChI=1S/C24H29FN6O2.C14H15ClN4O.C10H15FN2O/c1-29(2)7-8-33-20-6-5-17(10-18(20)25)27-23-26-14-16-9-19(22(32)30(3)4)31(21(16)28-23)24-11-15(12-24)13-24;1-18(2)12(20)10-3-9-7-16-13(15)17-11(9)19(10)14-4-8(5-14)6-14;1-13(2)5-6-14-10-4-3-8(12)7-9(10)11/h5-6,9-10,14-15H,7-8,11-13H2,1-4H3,(H,26,27,28);3,7-8H,4-6H2,1-2H3;3-4,7H,5-6,12H2,1-2H3. The number of halogens is 3. The number of amides is 2. The number of benzene rings is 2. The molecule has 2 amide bonds. The van der Waals surface area contributed by atoms with E-state index < -0.39 is 11.6 Å². The molecule has 0 spiro atoms. The number of fused-ring (bicyclic) bond motifs is 2. The van der Waals surface area contributed by atoms with Crippen LogP contribution in [0.3, 0.4) is 0 Å². The highest BCUT2D eigenvalue weighted by atomic mass is 35.5. The molecule has 0 saturated heterocycles. The van der Waals surface area contributed by atoms with E-state index in [1.54, 1.807) is 74.6 Å². The minimum Gasteiger partial charge on any atom is -0.489 e. The second-order valence-corrected chi connectivity index (χ2v) is 19.5. The Hall–Kier alpha value is -6.11. The number of nitrogen functional groups attached to an aromatic ring is 1. The van der Waals surface area contributed by atoms with E-state index in [2.05, 4.69) is 29.4 Å². The number of carbonyl (C=O) groups is 2. The van der Waals surface area contributed by atoms with Crippen LogP contribution in [-0.2, 0) is 11.1 Å². The Kier molecular flexibility index (Phi) is 13.4. The molecule has 6 aliphatic carbocycles. The highest BCUT2D eigenvalue weighted by Gasteiger charge is 2.60. The summed E-state index contributed by atoms with van der Waals surface area (Å²) in [6.07, 6.45) is 10.1. The summed E-state index contributed by atoms with van der Waals surface area (Å²) < 4.78 is 42.6. The van der Waals surface area contributed by atoms with Gasteiger partial charge in [-0.25, -0.2) is 18.7 Å². The van der Waals surface area contributed by atoms with E-state index in [4.69, 9.17) is 31.8 Å². The van der Waals surface area contributed by atoms with E-state index in [0.717, 1.165) is 79.0 Å². The van der Waals surface area contributed by atoms with Gasteiger partial charge in [0.2, 0.25) is 11.2 Å². The molecule has 0 aliphatic heterocycles. The average molecular weight is 942 g/mol. The van der Waals surface area contributed by atoms with Gasteiger partial charge in [0.1, 0.15) is 35.9 Å². The van der Waals surface area contributed by atoms with Crippen LogP contribution in [0.15, 0.2) is 60.9 Å². The molecule has 6 aliphatic rings. The second-order valence-electron chi connectivity index (χ2n) is 19.2. The summed E-state index contributed by atoms with van der Waals surface area (Å²) in [5.74, 6) is 1.50. The molecule has 0 unspecified atom stereocenters. The maximum absolute atomic E-state index is 14.5. The molecule has 4 bridgehead atoms. The van der Waals surface area contributed by atoms with Crippen molar-refractivity contribution in [3.63, 3.8) is 0 Å². The van der Waals surface area contributed by atoms with Gasteiger partial charge in [0, 0.05) is 99.0 Å². The van der Waals surface area contributed by atoms with Gasteiger partial charge < -0.3 is 49.3 Å². The van der Waals surface area contributed by atoms with Gasteiger partial charge in [-0.1, -0.05) is 0 Å². The Labute approximate surface area is 394 Å². The Morgan fingerprint density at radius 1 is 0.701 bits per heavy atom. The number of hydrogen-bond donors (Lipinski definition) is 2. The summed E-state index contributed by atoms with van der Waals surface area (Å²) in [4.78, 5) is 50.0. The van der Waals surface area contributed by atoms with Crippen molar-refractivity contribution >= 4 is 62.8 Å². The lowest BCUT2D eigenvalue weighted by Crippen LogP contribution is -2.60. The summed E-state index contributed by atoms with van der Waals surface area (Å²) in [7, 11) is 14.8. The van der Waals surface area contributed by atoms with Gasteiger partial charge in [0.05, 0.1) is 0 Å². The van der Waals surface area contributed by atoms with Crippen LogP contribution < -0.4 is 20.5 Å². The van der Waals surface area contributed by atoms with Gasteiger partial charge in [0.15, 0.2) is 23.1 Å². The Balaban J connectivity index is 0.000000151. The highest BCUT2D eigenvalue weighted by Crippen LogP contribution is 2.64. The lowest BCUT2D eigenvalue weighted by atomic mass is 9.49. The van der Waals surface area contributed by atoms with Gasteiger partial charge in [-0.3, -0.25) is 9.59 Å². The van der Waals surface area contributed by atoms with E-state index in [0.29, 0.717) is 48.5 Å². The summed E-state index contributed by atoms with van der Waals surface area (Å²) in [6, 6.07) is 12.9. The van der Waals surface area contributed by atoms with Crippen LogP contribution in [0.4, 0.5) is 26.1 Å². The predicted molar refractivity (Wildman–Crippen MR) is 255 cm³/mol. The van der Waals surface area contributed by atoms with Gasteiger partial charge in [-0.15, -0.1) is 0 Å². The topological polar surface area (TPSA) is 165 Å². The van der Waals surface area contributed by atoms with Gasteiger partial charge in [-0.2, -0.15) is 9.97 Å². The number of rotatable bonds is 14. The fourth-order valence-corrected chi connectivity index (χ4v) is 9.43. The third-order valence-electron chi connectivity index (χ3n) is 13.0. The third-order valence-corrected chi connectivity index (χ3v) is 13.2. The molecule has 16 nitrogen and oxygen atoms in total. The Bertz CT molecular complexity index is 2780. The molecule has 0 radical (unpaired) electrons. The summed E-state index contributed by atoms with van der Waals surface area (Å²) in [6.45, 7) is 2.33. The minimum absolute atomic E-state index is 0.00356. The molecular weight excluding hydrogens is 882 g/mol. The molecule has 4 aromatic heterocycles. The zero-order valence-electron chi connectivity index (χ0n) is 39.3. The van der Waals surface area contributed by atoms with Gasteiger partial charge >= 0.3 is 0 Å². The van der Waals surface area contributed by atoms with Gasteiger partial charge in [0.25, 0.3) is 11.8 Å². The number of likely N-dealkylation sites (N-methyl/N-ethyl adjacent to an activating group) is 2. The van der Waals surface area contributed by atoms with Crippen molar-refractivity contribution in [2.45, 2.75) is 49.6 Å². The number of anilines is 3. The lowest BCUT2D eigenvalue weighted by Gasteiger charge is -2.62. The van der Waals surface area contributed by atoms with E-state index in [1.807, 2.05) is 50.1 Å². The molecule has 2 aromatic carbocycles. The van der Waals surface area contributed by atoms with Crippen molar-refractivity contribution in [1.82, 2.24) is 48.7 Å². The van der Waals surface area contributed by atoms with Gasteiger partial charge in [-0.05, 0) is 127 Å². The van der Waals surface area contributed by atoms with Crippen molar-refractivity contribution < 1.29 is 27.8 Å². The lowest BCUT2D eigenvalue weighted by molar-refractivity contribution is -0.0871. The smallest absolute Gasteiger partial charge is 0.270 e. The van der Waals surface area contributed by atoms with Crippen molar-refractivity contribution in [1.29, 1.82) is 0 Å². The van der Waals surface area contributed by atoms with Crippen LogP contribution in [0.2, 0.25) is 5.28 Å². The van der Waals surface area contributed by atoms with Crippen LogP contribution in [0.25, 0.3) is 22.1 Å². The zero-order valence-corrected chi connectivity index (χ0v) is 40.1. The molecule has 12 rings (SSSR count). The van der Waals surface area contributed by atoms with Crippen LogP contribution in [-0.4, -0.2) is 143 Å². The van der Waals surface area contributed by atoms with Crippen LogP contribution >= 0.6 is 11.6 Å². The first kappa shape index (κ1) is 47.4. The summed E-state index contributed by atoms with van der Waals surface area (Å²) in [5.41, 5.74) is 9.26. The molecular formula is C48H59ClF2N12O4. The summed E-state index contributed by atoms with van der Waals surface area (Å²) in [5, 5.41) is 5.03. The second kappa shape index (κ2) is 18.9. The van der Waals surface area contributed by atoms with E-state index >= 15 is 0 Å². The number of nitrogens with one attached hydrogen (secondary N) is 1. The molecule has 6 saturated carbocycles. The number of ether oxygens (including phenoxy) is 2. The first-order valence-corrected chi connectivity index (χ1v) is 22.8. The van der Waals surface area contributed by atoms with E-state index in [-0.39, 0.29) is 39.7 Å². The molecule has 6 fully saturated rings. The maximum Gasteiger partial charge on any atom is 0.270 e. The minimum atomic E-state index is -0.448. The number of hydrogen-bond acceptors (Lipinski definition) is 12. The highest BCUT2D eigenvalue weighted by molar-refractivity contribution is 6.28. The van der Waals surface area contributed by atoms with E-state index in [9.17, 15) is 18.4 Å². The zero-order chi connectivity index (χ0) is 47.9. The SMILES string of the molecule is CN(C)C(=O)c1cc2cnc(Cl)nc2n1C12CC(C1)C2.CN(C)CCOc1ccc(N)cc1F.CN(C)CCOc1ccc(Nc2ncc3cc(C(=O)N(C)C)n(C45CC(C4)C5)c3n2)cc1F. The average Bonchev–Trinajstić information content (AvgIpc) is 3.75. The molecule has 356 valence electrons. The van der Waals surface area contributed by atoms with E-state index in [1.165, 1.54) is 12.1 Å². The first-order valence-electron chi connectivity index (χ1n) is 22.4. The Morgan fingerprint density at radius 3 is 1.60 bits per heavy atom. The molecule has 4 heterocycles. The molecule has 0 atom stereocenters. The van der Waals surface area contributed by atoms with Crippen LogP contribution in [0, 0.1) is 23.5 Å². The van der Waals surface area contributed by atoms with Crippen LogP contribution in [0.1, 0.15) is 59.5 Å². The maximum atomic E-state index is 14.5. The molecule has 67 heavy (non-hydrogen) atoms. The van der Waals surface area contributed by atoms with Crippen molar-refractivity contribution in [3.8, 4) is 11.5 Å². The molecule has 6 aromatic rings. The first-order chi connectivity index (χ1) is 31.8. The normalized spacial score (nSPS) is 20.6. The fraction of sp³-hybridized carbons (Fsp3) is 0.458. The number of nitrogens with zero attached hydrogens (tertiary/aromatic N) is 10. The van der Waals surface area contributed by atoms with Crippen LogP contribution in [0.5, 0.6) is 11.5 Å². The Morgan fingerprint density at radius 2 is 1.16 bits per heavy atom. The quantitative estimate of drug-likeness (QED) is 0.0842. The largest absolute Gasteiger partial charge is 0.489 e. The predicted octanol–water partition coefficient (Wildman–Crippen LogP) is 7.11. The van der Waals surface area contributed by atoms with Crippen molar-refractivity contribution in [2.75, 3.05) is 93.7 Å². The summed E-state index contributed by atoms with van der Waals surface area (Å²) >= 11 is 5.94. The van der Waals surface area contributed by atoms with Crippen molar-refractivity contribution in [2.24, 2.45) is 11.8 Å². The van der Waals surface area contributed by atoms with Crippen molar-refractivity contribution in [3.05, 3.63) is 89.2 Å². The fourth-order valence-electron chi connectivity index (χ4n) is 9.30. The third kappa shape index (κ3) is 9.69. The number of aromatic nitrogens is 6. The molecule has 19 heteroatoms.